The average Bonchev–Trinajstić information content (AvgIpc) is 3.59. The van der Waals surface area contributed by atoms with Crippen molar-refractivity contribution in [1.82, 2.24) is 4.57 Å². The third kappa shape index (κ3) is 4.14. The summed E-state index contributed by atoms with van der Waals surface area (Å²) < 4.78 is 2.52. The smallest absolute Gasteiger partial charge is 0.0537 e. The maximum Gasteiger partial charge on any atom is 0.0537 e. The lowest BCUT2D eigenvalue weighted by molar-refractivity contribution is 0.507. The van der Waals surface area contributed by atoms with Crippen LogP contribution in [0, 0.1) is 11.3 Å². The molecule has 4 aromatic carbocycles. The van der Waals surface area contributed by atoms with Crippen LogP contribution in [0.2, 0.25) is 0 Å². The van der Waals surface area contributed by atoms with E-state index in [2.05, 4.69) is 165 Å². The van der Waals surface area contributed by atoms with E-state index in [4.69, 9.17) is 0 Å². The quantitative estimate of drug-likeness (QED) is 0.189. The number of hydrogen-bond acceptors (Lipinski definition) is 1. The van der Waals surface area contributed by atoms with Crippen LogP contribution in [-0.2, 0) is 11.8 Å². The number of hydrogen-bond donors (Lipinski definition) is 0. The summed E-state index contributed by atoms with van der Waals surface area (Å²) in [5.74, 6) is 0.496. The molecule has 0 spiro atoms. The first-order valence-corrected chi connectivity index (χ1v) is 18.6. The van der Waals surface area contributed by atoms with Crippen molar-refractivity contribution in [3.63, 3.8) is 0 Å². The van der Waals surface area contributed by atoms with Gasteiger partial charge in [0.25, 0.3) is 0 Å². The lowest BCUT2D eigenvalue weighted by Crippen LogP contribution is -2.36. The van der Waals surface area contributed by atoms with Gasteiger partial charge < -0.3 is 9.47 Å². The van der Waals surface area contributed by atoms with Crippen molar-refractivity contribution in [2.24, 2.45) is 11.3 Å². The van der Waals surface area contributed by atoms with Gasteiger partial charge in [-0.2, -0.15) is 0 Å². The molecule has 0 N–H and O–H groups in total. The summed E-state index contributed by atoms with van der Waals surface area (Å²) in [4.78, 5) is 2.48. The van der Waals surface area contributed by atoms with Gasteiger partial charge in [0.2, 0.25) is 0 Å². The van der Waals surface area contributed by atoms with E-state index in [0.717, 1.165) is 19.3 Å². The molecule has 2 heterocycles. The van der Waals surface area contributed by atoms with Crippen LogP contribution in [0.4, 0.5) is 11.4 Å². The van der Waals surface area contributed by atoms with Crippen LogP contribution in [0.15, 0.2) is 149 Å². The van der Waals surface area contributed by atoms with Crippen LogP contribution in [0.3, 0.4) is 0 Å². The Labute approximate surface area is 296 Å². The van der Waals surface area contributed by atoms with Gasteiger partial charge in [-0.25, -0.2) is 0 Å². The third-order valence-corrected chi connectivity index (χ3v) is 12.6. The van der Waals surface area contributed by atoms with Gasteiger partial charge in [-0.3, -0.25) is 0 Å². The van der Waals surface area contributed by atoms with Crippen molar-refractivity contribution in [2.45, 2.75) is 65.2 Å². The van der Waals surface area contributed by atoms with Gasteiger partial charge in [0.15, 0.2) is 0 Å². The molecule has 2 heteroatoms. The highest BCUT2D eigenvalue weighted by Gasteiger charge is 2.45. The first kappa shape index (κ1) is 29.8. The molecule has 2 nitrogen and oxygen atoms in total. The number of anilines is 2. The second-order valence-corrected chi connectivity index (χ2v) is 15.9. The molecule has 5 aliphatic rings. The van der Waals surface area contributed by atoms with Crippen molar-refractivity contribution < 1.29 is 0 Å². The summed E-state index contributed by atoms with van der Waals surface area (Å²) >= 11 is 0. The number of fused-ring (bicyclic) bond motifs is 7. The van der Waals surface area contributed by atoms with Crippen LogP contribution < -0.4 is 4.90 Å². The molecule has 1 atom stereocenters. The summed E-state index contributed by atoms with van der Waals surface area (Å²) in [5, 5.41) is 1.39. The topological polar surface area (TPSA) is 8.17 Å². The van der Waals surface area contributed by atoms with Gasteiger partial charge in [-0.1, -0.05) is 124 Å². The molecule has 1 unspecified atom stereocenters. The number of rotatable bonds is 3. The van der Waals surface area contributed by atoms with E-state index >= 15 is 0 Å². The number of allylic oxidation sites excluding steroid dienone is 8. The SMILES string of the molecule is CC1(C)C2=Cc3c(c4ccccc4n3-c3ccc(-c4ccc(N5C6=CCCC=C6C(C)(C)c6ccccc65)cc4)cc3)CC2C2=C1CCC=C2. The summed E-state index contributed by atoms with van der Waals surface area (Å²) in [6.45, 7) is 9.66. The van der Waals surface area contributed by atoms with Crippen molar-refractivity contribution in [3.05, 3.63) is 166 Å². The summed E-state index contributed by atoms with van der Waals surface area (Å²) in [5.41, 5.74) is 19.5. The molecule has 0 radical (unpaired) electrons. The minimum Gasteiger partial charge on any atom is -0.310 e. The van der Waals surface area contributed by atoms with Crippen molar-refractivity contribution >= 4 is 28.4 Å². The molecule has 5 aromatic rings. The zero-order valence-corrected chi connectivity index (χ0v) is 29.6. The fourth-order valence-corrected chi connectivity index (χ4v) is 10.1. The molecule has 0 saturated carbocycles. The average molecular weight is 649 g/mol. The Morgan fingerprint density at radius 2 is 1.38 bits per heavy atom. The summed E-state index contributed by atoms with van der Waals surface area (Å²) in [6, 6.07) is 36.4. The minimum absolute atomic E-state index is 0.00949. The van der Waals surface area contributed by atoms with Gasteiger partial charge in [0.1, 0.15) is 0 Å². The van der Waals surface area contributed by atoms with Crippen molar-refractivity contribution in [1.29, 1.82) is 0 Å². The standard InChI is InChI=1S/C48H44N2/c1-47(2)39-15-7-5-13-35(39)37-29-38-36-14-6-10-18-43(36)49(46(38)30-42(37)47)33-25-21-31(22-26-33)32-23-27-34(28-24-32)50-44-19-11-8-16-40(44)48(3,4)41-17-9-12-20-45(41)50/h5-6,8,10-11,13-14,16-28,30,37H,7,9,12,15,29H2,1-4H3. The third-order valence-electron chi connectivity index (χ3n) is 12.6. The van der Waals surface area contributed by atoms with Crippen LogP contribution in [0.1, 0.15) is 70.2 Å². The Morgan fingerprint density at radius 3 is 2.18 bits per heavy atom. The molecule has 50 heavy (non-hydrogen) atoms. The van der Waals surface area contributed by atoms with E-state index in [0.29, 0.717) is 5.92 Å². The Balaban J connectivity index is 1.01. The Hall–Kier alpha value is -5.08. The van der Waals surface area contributed by atoms with Crippen molar-refractivity contribution in [3.8, 4) is 16.8 Å². The van der Waals surface area contributed by atoms with E-state index in [1.807, 2.05) is 0 Å². The lowest BCUT2D eigenvalue weighted by atomic mass is 9.70. The van der Waals surface area contributed by atoms with Gasteiger partial charge in [0.05, 0.1) is 16.9 Å². The molecule has 246 valence electrons. The lowest BCUT2D eigenvalue weighted by Gasteiger charge is -2.45. The predicted molar refractivity (Wildman–Crippen MR) is 210 cm³/mol. The molecule has 0 fully saturated rings. The number of para-hydroxylation sites is 2. The van der Waals surface area contributed by atoms with Crippen LogP contribution in [0.5, 0.6) is 0 Å². The largest absolute Gasteiger partial charge is 0.310 e. The summed E-state index contributed by atoms with van der Waals surface area (Å²) in [6.07, 6.45) is 17.9. The van der Waals surface area contributed by atoms with E-state index in [1.54, 1.807) is 16.7 Å². The molecule has 1 aliphatic heterocycles. The molecule has 4 aliphatic carbocycles. The highest BCUT2D eigenvalue weighted by Crippen LogP contribution is 2.58. The number of benzene rings is 4. The van der Waals surface area contributed by atoms with Gasteiger partial charge in [-0.15, -0.1) is 0 Å². The minimum atomic E-state index is -0.00949. The highest BCUT2D eigenvalue weighted by molar-refractivity contribution is 5.92. The van der Waals surface area contributed by atoms with E-state index in [-0.39, 0.29) is 10.8 Å². The van der Waals surface area contributed by atoms with Gasteiger partial charge >= 0.3 is 0 Å². The maximum absolute atomic E-state index is 2.56. The highest BCUT2D eigenvalue weighted by atomic mass is 15.2. The predicted octanol–water partition coefficient (Wildman–Crippen LogP) is 12.6. The molecule has 0 amide bonds. The zero-order chi connectivity index (χ0) is 33.8. The van der Waals surface area contributed by atoms with Crippen LogP contribution >= 0.6 is 0 Å². The maximum atomic E-state index is 2.56. The second-order valence-electron chi connectivity index (χ2n) is 15.9. The molecule has 10 rings (SSSR count). The van der Waals surface area contributed by atoms with E-state index in [9.17, 15) is 0 Å². The Bertz CT molecular complexity index is 2380. The van der Waals surface area contributed by atoms with E-state index in [1.165, 1.54) is 80.0 Å². The molecular weight excluding hydrogens is 605 g/mol. The van der Waals surface area contributed by atoms with Crippen LogP contribution in [0.25, 0.3) is 33.8 Å². The second kappa shape index (κ2) is 10.7. The molecule has 0 bridgehead atoms. The summed E-state index contributed by atoms with van der Waals surface area (Å²) in [7, 11) is 0. The molecule has 1 aromatic heterocycles. The van der Waals surface area contributed by atoms with Crippen LogP contribution in [-0.4, -0.2) is 4.57 Å². The van der Waals surface area contributed by atoms with Crippen molar-refractivity contribution in [2.75, 3.05) is 4.90 Å². The molecule has 0 saturated heterocycles. The zero-order valence-electron chi connectivity index (χ0n) is 29.6. The first-order valence-electron chi connectivity index (χ1n) is 18.6. The Kier molecular flexibility index (Phi) is 6.38. The number of nitrogens with zero attached hydrogens (tertiary/aromatic N) is 2. The normalized spacial score (nSPS) is 21.1. The Morgan fingerprint density at radius 1 is 0.680 bits per heavy atom. The first-order chi connectivity index (χ1) is 24.3. The fraction of sp³-hybridized carbons (Fsp3) is 0.250. The van der Waals surface area contributed by atoms with E-state index < -0.39 is 0 Å². The number of aromatic nitrogens is 1. The van der Waals surface area contributed by atoms with Gasteiger partial charge in [-0.05, 0) is 108 Å². The molecular formula is C48H44N2. The fourth-order valence-electron chi connectivity index (χ4n) is 10.1. The monoisotopic (exact) mass is 648 g/mol. The van der Waals surface area contributed by atoms with Gasteiger partial charge in [0, 0.05) is 39.2 Å².